The van der Waals surface area contributed by atoms with Gasteiger partial charge in [-0.15, -0.1) is 0 Å². The van der Waals surface area contributed by atoms with E-state index in [1.165, 1.54) is 17.0 Å². The molecule has 3 rings (SSSR count). The van der Waals surface area contributed by atoms with Crippen molar-refractivity contribution in [3.05, 3.63) is 65.9 Å². The third-order valence-electron chi connectivity index (χ3n) is 4.40. The molecular formula is C21H19NO6S. The fraction of sp³-hybridized carbons (Fsp3) is 0.143. The van der Waals surface area contributed by atoms with E-state index in [9.17, 15) is 18.0 Å². The number of methoxy groups -OCH3 is 2. The molecule has 0 saturated heterocycles. The van der Waals surface area contributed by atoms with Crippen LogP contribution in [0.2, 0.25) is 0 Å². The number of hydrogen-bond acceptors (Lipinski definition) is 6. The highest BCUT2D eigenvalue weighted by Crippen LogP contribution is 2.31. The van der Waals surface area contributed by atoms with Crippen LogP contribution in [0.4, 0.5) is 0 Å². The van der Waals surface area contributed by atoms with Crippen molar-refractivity contribution < 1.29 is 27.5 Å². The molecule has 0 N–H and O–H groups in total. The topological polar surface area (TPSA) is 91.7 Å². The molecule has 0 atom stereocenters. The van der Waals surface area contributed by atoms with Crippen LogP contribution in [0.3, 0.4) is 0 Å². The number of aryl methyl sites for hydroxylation is 1. The van der Waals surface area contributed by atoms with Crippen molar-refractivity contribution in [2.75, 3.05) is 14.2 Å². The zero-order valence-corrected chi connectivity index (χ0v) is 16.9. The van der Waals surface area contributed by atoms with Crippen molar-refractivity contribution in [3.8, 4) is 0 Å². The maximum absolute atomic E-state index is 13.2. The molecule has 0 aliphatic carbocycles. The Hall–Kier alpha value is -3.39. The largest absolute Gasteiger partial charge is 0.465 e. The fourth-order valence-corrected chi connectivity index (χ4v) is 4.35. The van der Waals surface area contributed by atoms with E-state index in [4.69, 9.17) is 0 Å². The lowest BCUT2D eigenvalue weighted by atomic mass is 10.2. The molecule has 29 heavy (non-hydrogen) atoms. The highest BCUT2D eigenvalue weighted by molar-refractivity contribution is 7.91. The van der Waals surface area contributed by atoms with E-state index in [1.54, 1.807) is 48.5 Å². The first-order valence-corrected chi connectivity index (χ1v) is 10.1. The molecule has 1 heterocycles. The summed E-state index contributed by atoms with van der Waals surface area (Å²) in [5.74, 6) is -1.78. The lowest BCUT2D eigenvalue weighted by molar-refractivity contribution is -0.143. The van der Waals surface area contributed by atoms with E-state index in [0.29, 0.717) is 10.9 Å². The molecule has 0 fully saturated rings. The van der Waals surface area contributed by atoms with Gasteiger partial charge in [0.05, 0.1) is 29.5 Å². The van der Waals surface area contributed by atoms with Gasteiger partial charge < -0.3 is 14.0 Å². The highest BCUT2D eigenvalue weighted by Gasteiger charge is 2.25. The maximum Gasteiger partial charge on any atom is 0.346 e. The number of ether oxygens (including phenoxy) is 2. The van der Waals surface area contributed by atoms with E-state index in [2.05, 4.69) is 9.47 Å². The molecule has 1 aromatic heterocycles. The number of nitrogens with zero attached hydrogens (tertiary/aromatic N) is 1. The molecule has 0 amide bonds. The summed E-state index contributed by atoms with van der Waals surface area (Å²) in [6.07, 6.45) is 2.57. The summed E-state index contributed by atoms with van der Waals surface area (Å²) in [7, 11) is -1.55. The van der Waals surface area contributed by atoms with E-state index in [1.807, 2.05) is 6.92 Å². The van der Waals surface area contributed by atoms with Gasteiger partial charge in [0.2, 0.25) is 9.84 Å². The van der Waals surface area contributed by atoms with Gasteiger partial charge in [-0.05, 0) is 25.1 Å². The van der Waals surface area contributed by atoms with Crippen LogP contribution < -0.4 is 0 Å². The van der Waals surface area contributed by atoms with Gasteiger partial charge in [0, 0.05) is 17.8 Å². The Morgan fingerprint density at radius 2 is 1.52 bits per heavy atom. The van der Waals surface area contributed by atoms with E-state index in [-0.39, 0.29) is 15.4 Å². The Labute approximate surface area is 168 Å². The molecule has 0 aliphatic rings. The molecule has 0 spiro atoms. The van der Waals surface area contributed by atoms with Crippen molar-refractivity contribution >= 4 is 38.9 Å². The van der Waals surface area contributed by atoms with Crippen molar-refractivity contribution in [2.45, 2.75) is 16.7 Å². The van der Waals surface area contributed by atoms with Gasteiger partial charge in [-0.1, -0.05) is 35.9 Å². The minimum absolute atomic E-state index is 0.0577. The molecule has 150 valence electrons. The number of benzene rings is 2. The van der Waals surface area contributed by atoms with Crippen LogP contribution in [-0.2, 0) is 28.9 Å². The Morgan fingerprint density at radius 1 is 0.931 bits per heavy atom. The molecule has 7 nitrogen and oxygen atoms in total. The number of sulfone groups is 1. The third-order valence-corrected chi connectivity index (χ3v) is 6.20. The van der Waals surface area contributed by atoms with Crippen LogP contribution in [0.25, 0.3) is 17.1 Å². The average molecular weight is 413 g/mol. The van der Waals surface area contributed by atoms with E-state index >= 15 is 0 Å². The number of para-hydroxylation sites is 1. The summed E-state index contributed by atoms with van der Waals surface area (Å²) in [4.78, 5) is 24.2. The monoisotopic (exact) mass is 413 g/mol. The number of fused-ring (bicyclic) bond motifs is 1. The Balaban J connectivity index is 2.25. The van der Waals surface area contributed by atoms with Crippen LogP contribution in [0.5, 0.6) is 0 Å². The highest BCUT2D eigenvalue weighted by atomic mass is 32.2. The molecular weight excluding hydrogens is 394 g/mol. The van der Waals surface area contributed by atoms with Gasteiger partial charge in [-0.25, -0.2) is 18.0 Å². The summed E-state index contributed by atoms with van der Waals surface area (Å²) < 4.78 is 37.1. The second kappa shape index (κ2) is 7.92. The summed E-state index contributed by atoms with van der Waals surface area (Å²) >= 11 is 0. The minimum atomic E-state index is -3.83. The van der Waals surface area contributed by atoms with Gasteiger partial charge in [-0.2, -0.15) is 0 Å². The second-order valence-corrected chi connectivity index (χ2v) is 8.18. The number of carbonyl (C=O) groups is 2. The molecule has 0 saturated carbocycles. The molecule has 2 aromatic carbocycles. The predicted octanol–water partition coefficient (Wildman–Crippen LogP) is 2.97. The third kappa shape index (κ3) is 3.79. The molecule has 3 aromatic rings. The number of rotatable bonds is 5. The number of hydrogen-bond donors (Lipinski definition) is 0. The van der Waals surface area contributed by atoms with Gasteiger partial charge >= 0.3 is 11.9 Å². The zero-order chi connectivity index (χ0) is 21.2. The quantitative estimate of drug-likeness (QED) is 0.276. The van der Waals surface area contributed by atoms with Crippen LogP contribution in [0, 0.1) is 6.92 Å². The van der Waals surface area contributed by atoms with E-state index < -0.39 is 21.8 Å². The molecule has 0 bridgehead atoms. The number of carbonyl (C=O) groups excluding carboxylic acids is 2. The van der Waals surface area contributed by atoms with Crippen LogP contribution in [-0.4, -0.2) is 39.1 Å². The van der Waals surface area contributed by atoms with Crippen molar-refractivity contribution in [3.63, 3.8) is 0 Å². The standard InChI is InChI=1S/C21H19NO6S/c1-14-8-10-15(11-9-14)29(25,26)19-13-22(18-7-5-4-6-16(18)19)12-17(20(23)27-2)21(24)28-3/h4-13H,1-3H3. The van der Waals surface area contributed by atoms with Gasteiger partial charge in [0.1, 0.15) is 0 Å². The first kappa shape index (κ1) is 20.3. The zero-order valence-electron chi connectivity index (χ0n) is 16.1. The lowest BCUT2D eigenvalue weighted by Gasteiger charge is -2.04. The van der Waals surface area contributed by atoms with Gasteiger partial charge in [0.15, 0.2) is 5.57 Å². The summed E-state index contributed by atoms with van der Waals surface area (Å²) in [5, 5.41) is 0.457. The van der Waals surface area contributed by atoms with Crippen LogP contribution >= 0.6 is 0 Å². The maximum atomic E-state index is 13.2. The normalized spacial score (nSPS) is 11.1. The van der Waals surface area contributed by atoms with Crippen molar-refractivity contribution in [1.82, 2.24) is 4.57 Å². The molecule has 8 heteroatoms. The average Bonchev–Trinajstić information content (AvgIpc) is 3.10. The summed E-state index contributed by atoms with van der Waals surface area (Å²) in [6.45, 7) is 1.87. The second-order valence-electron chi connectivity index (χ2n) is 6.26. The Morgan fingerprint density at radius 3 is 2.10 bits per heavy atom. The number of aromatic nitrogens is 1. The Kier molecular flexibility index (Phi) is 5.56. The fourth-order valence-electron chi connectivity index (χ4n) is 2.89. The summed E-state index contributed by atoms with van der Waals surface area (Å²) in [6, 6.07) is 13.3. The first-order valence-electron chi connectivity index (χ1n) is 8.59. The van der Waals surface area contributed by atoms with Gasteiger partial charge in [0.25, 0.3) is 0 Å². The summed E-state index contributed by atoms with van der Waals surface area (Å²) in [5.41, 5.74) is 1.08. The van der Waals surface area contributed by atoms with E-state index in [0.717, 1.165) is 19.8 Å². The number of esters is 2. The minimum Gasteiger partial charge on any atom is -0.465 e. The molecule has 0 radical (unpaired) electrons. The SMILES string of the molecule is COC(=O)C(=Cn1cc(S(=O)(=O)c2ccc(C)cc2)c2ccccc21)C(=O)OC. The predicted molar refractivity (Wildman–Crippen MR) is 107 cm³/mol. The van der Waals surface area contributed by atoms with Crippen molar-refractivity contribution in [1.29, 1.82) is 0 Å². The Bertz CT molecular complexity index is 1200. The molecule has 0 aliphatic heterocycles. The van der Waals surface area contributed by atoms with Gasteiger partial charge in [-0.3, -0.25) is 0 Å². The first-order chi connectivity index (χ1) is 13.8. The van der Waals surface area contributed by atoms with Crippen molar-refractivity contribution in [2.24, 2.45) is 0 Å². The van der Waals surface area contributed by atoms with Crippen LogP contribution in [0.1, 0.15) is 5.56 Å². The molecule has 0 unspecified atom stereocenters. The van der Waals surface area contributed by atoms with Crippen LogP contribution in [0.15, 0.2) is 70.1 Å². The smallest absolute Gasteiger partial charge is 0.346 e. The lowest BCUT2D eigenvalue weighted by Crippen LogP contribution is -2.16.